The molecule has 0 spiro atoms. The third kappa shape index (κ3) is 4.96. The van der Waals surface area contributed by atoms with Gasteiger partial charge in [0.15, 0.2) is 0 Å². The average Bonchev–Trinajstić information content (AvgIpc) is 2.42. The predicted octanol–water partition coefficient (Wildman–Crippen LogP) is 2.50. The number of hydrogen-bond acceptors (Lipinski definition) is 2. The molecule has 4 heteroatoms. The van der Waals surface area contributed by atoms with Gasteiger partial charge in [0.25, 0.3) is 0 Å². The minimum absolute atomic E-state index is 0.181. The Bertz CT molecular complexity index is 416. The van der Waals surface area contributed by atoms with E-state index in [1.165, 1.54) is 18.4 Å². The topological polar surface area (TPSA) is 41.1 Å². The fourth-order valence-corrected chi connectivity index (χ4v) is 2.95. The molecule has 1 aromatic carbocycles. The van der Waals surface area contributed by atoms with Crippen LogP contribution in [0, 0.1) is 5.92 Å². The third-order valence-corrected chi connectivity index (χ3v) is 4.32. The highest BCUT2D eigenvalue weighted by atomic mass is 79.9. The first-order valence-corrected chi connectivity index (χ1v) is 7.76. The van der Waals surface area contributed by atoms with Crippen LogP contribution in [0.3, 0.4) is 0 Å². The molecule has 0 saturated carbocycles. The van der Waals surface area contributed by atoms with Gasteiger partial charge in [-0.1, -0.05) is 34.1 Å². The number of carbonyl (C=O) groups excluding carboxylic acids is 1. The number of carbonyl (C=O) groups is 1. The van der Waals surface area contributed by atoms with Gasteiger partial charge >= 0.3 is 0 Å². The summed E-state index contributed by atoms with van der Waals surface area (Å²) in [5.41, 5.74) is 1.24. The first kappa shape index (κ1) is 14.5. The SMILES string of the molecule is O=C(CC1CCCNC1)NCCc1ccccc1Br. The van der Waals surface area contributed by atoms with Crippen LogP contribution in [0.2, 0.25) is 0 Å². The van der Waals surface area contributed by atoms with Crippen molar-refractivity contribution in [1.82, 2.24) is 10.6 Å². The zero-order valence-electron chi connectivity index (χ0n) is 11.1. The van der Waals surface area contributed by atoms with Gasteiger partial charge in [0.05, 0.1) is 0 Å². The minimum Gasteiger partial charge on any atom is -0.356 e. The second-order valence-corrected chi connectivity index (χ2v) is 5.96. The Hall–Kier alpha value is -0.870. The average molecular weight is 325 g/mol. The molecule has 1 unspecified atom stereocenters. The van der Waals surface area contributed by atoms with E-state index in [1.807, 2.05) is 18.2 Å². The molecule has 1 aliphatic heterocycles. The maximum Gasteiger partial charge on any atom is 0.220 e. The van der Waals surface area contributed by atoms with Gasteiger partial charge in [-0.15, -0.1) is 0 Å². The lowest BCUT2D eigenvalue weighted by molar-refractivity contribution is -0.122. The summed E-state index contributed by atoms with van der Waals surface area (Å²) in [6.45, 7) is 2.79. The van der Waals surface area contributed by atoms with Gasteiger partial charge < -0.3 is 10.6 Å². The monoisotopic (exact) mass is 324 g/mol. The van der Waals surface area contributed by atoms with Gasteiger partial charge in [-0.2, -0.15) is 0 Å². The highest BCUT2D eigenvalue weighted by Gasteiger charge is 2.16. The van der Waals surface area contributed by atoms with E-state index in [1.54, 1.807) is 0 Å². The Kier molecular flexibility index (Phi) is 5.86. The lowest BCUT2D eigenvalue weighted by Gasteiger charge is -2.22. The Balaban J connectivity index is 1.67. The number of rotatable bonds is 5. The summed E-state index contributed by atoms with van der Waals surface area (Å²) in [5, 5.41) is 6.36. The van der Waals surface area contributed by atoms with Crippen LogP contribution >= 0.6 is 15.9 Å². The van der Waals surface area contributed by atoms with Crippen LogP contribution in [0.15, 0.2) is 28.7 Å². The first-order valence-electron chi connectivity index (χ1n) is 6.96. The number of nitrogens with one attached hydrogen (secondary N) is 2. The van der Waals surface area contributed by atoms with Crippen LogP contribution in [0.1, 0.15) is 24.8 Å². The molecule has 1 fully saturated rings. The Labute approximate surface area is 123 Å². The van der Waals surface area contributed by atoms with Crippen LogP contribution < -0.4 is 10.6 Å². The van der Waals surface area contributed by atoms with Gasteiger partial charge in [-0.25, -0.2) is 0 Å². The first-order chi connectivity index (χ1) is 9.25. The molecule has 104 valence electrons. The molecule has 2 N–H and O–H groups in total. The van der Waals surface area contributed by atoms with Gasteiger partial charge in [-0.05, 0) is 49.9 Å². The molecule has 2 rings (SSSR count). The molecule has 0 aromatic heterocycles. The Morgan fingerprint density at radius 1 is 1.42 bits per heavy atom. The van der Waals surface area contributed by atoms with Crippen LogP contribution in [-0.2, 0) is 11.2 Å². The third-order valence-electron chi connectivity index (χ3n) is 3.55. The van der Waals surface area contributed by atoms with Crippen molar-refractivity contribution in [3.63, 3.8) is 0 Å². The molecule has 1 atom stereocenters. The normalized spacial score (nSPS) is 19.1. The minimum atomic E-state index is 0.181. The molecule has 19 heavy (non-hydrogen) atoms. The standard InChI is InChI=1S/C15H21BrN2O/c16-14-6-2-1-5-13(14)7-9-18-15(19)10-12-4-3-8-17-11-12/h1-2,5-6,12,17H,3-4,7-11H2,(H,18,19). The molecule has 1 heterocycles. The molecule has 1 saturated heterocycles. The van der Waals surface area contributed by atoms with Crippen molar-refractivity contribution in [3.8, 4) is 0 Å². The van der Waals surface area contributed by atoms with Crippen LogP contribution in [0.5, 0.6) is 0 Å². The Morgan fingerprint density at radius 2 is 2.26 bits per heavy atom. The van der Waals surface area contributed by atoms with E-state index in [2.05, 4.69) is 32.6 Å². The van der Waals surface area contributed by atoms with Crippen molar-refractivity contribution in [2.45, 2.75) is 25.7 Å². The molecule has 3 nitrogen and oxygen atoms in total. The smallest absolute Gasteiger partial charge is 0.220 e. The quantitative estimate of drug-likeness (QED) is 0.873. The van der Waals surface area contributed by atoms with Crippen molar-refractivity contribution >= 4 is 21.8 Å². The summed E-state index contributed by atoms with van der Waals surface area (Å²) in [6, 6.07) is 8.14. The van der Waals surface area contributed by atoms with Crippen molar-refractivity contribution < 1.29 is 4.79 Å². The van der Waals surface area contributed by atoms with Crippen molar-refractivity contribution in [2.24, 2.45) is 5.92 Å². The predicted molar refractivity (Wildman–Crippen MR) is 81.1 cm³/mol. The number of amides is 1. The summed E-state index contributed by atoms with van der Waals surface area (Å²) in [7, 11) is 0. The highest BCUT2D eigenvalue weighted by Crippen LogP contribution is 2.16. The molecule has 0 radical (unpaired) electrons. The van der Waals surface area contributed by atoms with Crippen molar-refractivity contribution in [3.05, 3.63) is 34.3 Å². The maximum absolute atomic E-state index is 11.8. The number of piperidine rings is 1. The number of benzene rings is 1. The second kappa shape index (κ2) is 7.65. The van der Waals surface area contributed by atoms with E-state index >= 15 is 0 Å². The lowest BCUT2D eigenvalue weighted by atomic mass is 9.96. The maximum atomic E-state index is 11.8. The summed E-state index contributed by atoms with van der Waals surface area (Å²) in [5.74, 6) is 0.693. The van der Waals surface area contributed by atoms with E-state index in [-0.39, 0.29) is 5.91 Å². The van der Waals surface area contributed by atoms with E-state index < -0.39 is 0 Å². The number of hydrogen-bond donors (Lipinski definition) is 2. The van der Waals surface area contributed by atoms with E-state index in [0.29, 0.717) is 18.9 Å². The summed E-state index contributed by atoms with van der Waals surface area (Å²) in [6.07, 6.45) is 3.89. The van der Waals surface area contributed by atoms with Crippen molar-refractivity contribution in [2.75, 3.05) is 19.6 Å². The summed E-state index contributed by atoms with van der Waals surface area (Å²) in [4.78, 5) is 11.8. The molecule has 1 amide bonds. The van der Waals surface area contributed by atoms with E-state index in [4.69, 9.17) is 0 Å². The zero-order valence-corrected chi connectivity index (χ0v) is 12.7. The largest absolute Gasteiger partial charge is 0.356 e. The van der Waals surface area contributed by atoms with Crippen LogP contribution in [-0.4, -0.2) is 25.5 Å². The lowest BCUT2D eigenvalue weighted by Crippen LogP contribution is -2.34. The molecule has 1 aliphatic rings. The molecule has 0 bridgehead atoms. The fraction of sp³-hybridized carbons (Fsp3) is 0.533. The van der Waals surface area contributed by atoms with Gasteiger partial charge in [0, 0.05) is 17.4 Å². The van der Waals surface area contributed by atoms with Gasteiger partial charge in [0.2, 0.25) is 5.91 Å². The summed E-state index contributed by atoms with van der Waals surface area (Å²) >= 11 is 3.52. The fourth-order valence-electron chi connectivity index (χ4n) is 2.47. The summed E-state index contributed by atoms with van der Waals surface area (Å²) < 4.78 is 1.11. The zero-order chi connectivity index (χ0) is 13.5. The van der Waals surface area contributed by atoms with Crippen LogP contribution in [0.25, 0.3) is 0 Å². The highest BCUT2D eigenvalue weighted by molar-refractivity contribution is 9.10. The molecule has 0 aliphatic carbocycles. The van der Waals surface area contributed by atoms with E-state index in [0.717, 1.165) is 24.0 Å². The second-order valence-electron chi connectivity index (χ2n) is 5.11. The number of halogens is 1. The van der Waals surface area contributed by atoms with Gasteiger partial charge in [-0.3, -0.25) is 4.79 Å². The van der Waals surface area contributed by atoms with Gasteiger partial charge in [0.1, 0.15) is 0 Å². The van der Waals surface area contributed by atoms with Crippen LogP contribution in [0.4, 0.5) is 0 Å². The molecule has 1 aromatic rings. The Morgan fingerprint density at radius 3 is 3.00 bits per heavy atom. The van der Waals surface area contributed by atoms with Crippen molar-refractivity contribution in [1.29, 1.82) is 0 Å². The molecular formula is C15H21BrN2O. The van der Waals surface area contributed by atoms with E-state index in [9.17, 15) is 4.79 Å². The molecular weight excluding hydrogens is 304 g/mol.